The lowest BCUT2D eigenvalue weighted by Gasteiger charge is -2.09. The number of rotatable bonds is 3. The lowest BCUT2D eigenvalue weighted by molar-refractivity contribution is 1.11. The average molecular weight is 274 g/mol. The molecule has 4 heteroatoms. The van der Waals surface area contributed by atoms with Crippen LogP contribution >= 0.6 is 0 Å². The standard InChI is InChI=1S/C17H14N4/c1-2-6-15-12(4-1)8-18-9-14(15)10-19-16-7-3-5-13-11-20-21-17(13)16/h1-9,11,19H,10H2,(H,20,21). The van der Waals surface area contributed by atoms with E-state index in [4.69, 9.17) is 0 Å². The van der Waals surface area contributed by atoms with Crippen LogP contribution in [0.2, 0.25) is 0 Å². The topological polar surface area (TPSA) is 53.6 Å². The predicted octanol–water partition coefficient (Wildman–Crippen LogP) is 3.72. The van der Waals surface area contributed by atoms with Crippen LogP contribution in [0.1, 0.15) is 5.56 Å². The van der Waals surface area contributed by atoms with Crippen LogP contribution in [0.15, 0.2) is 61.1 Å². The van der Waals surface area contributed by atoms with Crippen molar-refractivity contribution in [3.05, 3.63) is 66.6 Å². The molecule has 2 aromatic heterocycles. The lowest BCUT2D eigenvalue weighted by atomic mass is 10.1. The molecule has 0 aliphatic carbocycles. The van der Waals surface area contributed by atoms with Crippen molar-refractivity contribution < 1.29 is 0 Å². The third-order valence-electron chi connectivity index (χ3n) is 3.70. The van der Waals surface area contributed by atoms with Crippen molar-refractivity contribution in [2.45, 2.75) is 6.54 Å². The van der Waals surface area contributed by atoms with Crippen LogP contribution < -0.4 is 5.32 Å². The molecule has 0 aliphatic heterocycles. The van der Waals surface area contributed by atoms with Gasteiger partial charge in [0.2, 0.25) is 0 Å². The summed E-state index contributed by atoms with van der Waals surface area (Å²) in [5.41, 5.74) is 3.27. The van der Waals surface area contributed by atoms with Gasteiger partial charge in [0.1, 0.15) is 0 Å². The van der Waals surface area contributed by atoms with E-state index in [1.54, 1.807) is 0 Å². The van der Waals surface area contributed by atoms with E-state index in [1.807, 2.05) is 36.8 Å². The molecule has 0 spiro atoms. The molecule has 2 aromatic carbocycles. The quantitative estimate of drug-likeness (QED) is 0.598. The molecule has 21 heavy (non-hydrogen) atoms. The number of aromatic amines is 1. The highest BCUT2D eigenvalue weighted by atomic mass is 15.1. The molecule has 0 atom stereocenters. The monoisotopic (exact) mass is 274 g/mol. The van der Waals surface area contributed by atoms with Crippen LogP contribution in [-0.4, -0.2) is 15.2 Å². The van der Waals surface area contributed by atoms with Gasteiger partial charge in [-0.3, -0.25) is 10.1 Å². The van der Waals surface area contributed by atoms with Crippen LogP contribution in [-0.2, 0) is 6.54 Å². The van der Waals surface area contributed by atoms with Gasteiger partial charge in [-0.2, -0.15) is 5.10 Å². The third kappa shape index (κ3) is 2.10. The number of anilines is 1. The molecule has 0 saturated carbocycles. The van der Waals surface area contributed by atoms with E-state index >= 15 is 0 Å². The Hall–Kier alpha value is -2.88. The Morgan fingerprint density at radius 1 is 0.905 bits per heavy atom. The minimum Gasteiger partial charge on any atom is -0.379 e. The molecule has 0 aliphatic rings. The first kappa shape index (κ1) is 11.9. The first-order chi connectivity index (χ1) is 10.4. The van der Waals surface area contributed by atoms with Crippen molar-refractivity contribution in [3.63, 3.8) is 0 Å². The smallest absolute Gasteiger partial charge is 0.0881 e. The molecule has 4 rings (SSSR count). The molecule has 0 saturated heterocycles. The van der Waals surface area contributed by atoms with Gasteiger partial charge in [-0.05, 0) is 17.0 Å². The van der Waals surface area contributed by atoms with Gasteiger partial charge in [0.25, 0.3) is 0 Å². The van der Waals surface area contributed by atoms with Crippen LogP contribution in [0, 0.1) is 0 Å². The Balaban J connectivity index is 1.68. The number of fused-ring (bicyclic) bond motifs is 2. The van der Waals surface area contributed by atoms with Crippen LogP contribution in [0.3, 0.4) is 0 Å². The highest BCUT2D eigenvalue weighted by Crippen LogP contribution is 2.23. The number of hydrogen-bond donors (Lipinski definition) is 2. The summed E-state index contributed by atoms with van der Waals surface area (Å²) in [5, 5.41) is 14.1. The number of nitrogens with zero attached hydrogens (tertiary/aromatic N) is 2. The summed E-state index contributed by atoms with van der Waals surface area (Å²) in [6.45, 7) is 0.729. The summed E-state index contributed by atoms with van der Waals surface area (Å²) in [6.07, 6.45) is 5.65. The van der Waals surface area contributed by atoms with Gasteiger partial charge in [-0.25, -0.2) is 0 Å². The fraction of sp³-hybridized carbons (Fsp3) is 0.0588. The first-order valence-corrected chi connectivity index (χ1v) is 6.89. The third-order valence-corrected chi connectivity index (χ3v) is 3.70. The van der Waals surface area contributed by atoms with Gasteiger partial charge in [-0.15, -0.1) is 0 Å². The molecular weight excluding hydrogens is 260 g/mol. The molecule has 4 aromatic rings. The number of aromatic nitrogens is 3. The maximum Gasteiger partial charge on any atom is 0.0881 e. The predicted molar refractivity (Wildman–Crippen MR) is 85.2 cm³/mol. The maximum absolute atomic E-state index is 4.32. The van der Waals surface area contributed by atoms with Gasteiger partial charge in [0, 0.05) is 29.7 Å². The number of benzene rings is 2. The van der Waals surface area contributed by atoms with E-state index in [9.17, 15) is 0 Å². The number of pyridine rings is 1. The minimum absolute atomic E-state index is 0.729. The van der Waals surface area contributed by atoms with Crippen molar-refractivity contribution in [1.29, 1.82) is 0 Å². The second-order valence-corrected chi connectivity index (χ2v) is 5.01. The first-order valence-electron chi connectivity index (χ1n) is 6.89. The second kappa shape index (κ2) is 4.90. The second-order valence-electron chi connectivity index (χ2n) is 5.01. The molecule has 0 bridgehead atoms. The van der Waals surface area contributed by atoms with Gasteiger partial charge < -0.3 is 5.32 Å². The van der Waals surface area contributed by atoms with Crippen LogP contribution in [0.4, 0.5) is 5.69 Å². The summed E-state index contributed by atoms with van der Waals surface area (Å²) in [6, 6.07) is 14.4. The molecular formula is C17H14N4. The van der Waals surface area contributed by atoms with Crippen molar-refractivity contribution in [2.75, 3.05) is 5.32 Å². The van der Waals surface area contributed by atoms with Crippen LogP contribution in [0.5, 0.6) is 0 Å². The van der Waals surface area contributed by atoms with Crippen molar-refractivity contribution in [3.8, 4) is 0 Å². The van der Waals surface area contributed by atoms with E-state index in [2.05, 4.69) is 44.8 Å². The summed E-state index contributed by atoms with van der Waals surface area (Å²) >= 11 is 0. The zero-order valence-electron chi connectivity index (χ0n) is 11.4. The Bertz CT molecular complexity index is 905. The van der Waals surface area contributed by atoms with Crippen molar-refractivity contribution in [2.24, 2.45) is 0 Å². The van der Waals surface area contributed by atoms with Gasteiger partial charge in [0.15, 0.2) is 0 Å². The van der Waals surface area contributed by atoms with Crippen molar-refractivity contribution in [1.82, 2.24) is 15.2 Å². The molecule has 0 amide bonds. The lowest BCUT2D eigenvalue weighted by Crippen LogP contribution is -2.01. The summed E-state index contributed by atoms with van der Waals surface area (Å²) in [7, 11) is 0. The number of nitrogens with one attached hydrogen (secondary N) is 2. The average Bonchev–Trinajstić information content (AvgIpc) is 3.02. The van der Waals surface area contributed by atoms with E-state index in [1.165, 1.54) is 10.9 Å². The summed E-state index contributed by atoms with van der Waals surface area (Å²) < 4.78 is 0. The van der Waals surface area contributed by atoms with E-state index in [-0.39, 0.29) is 0 Å². The molecule has 0 fully saturated rings. The van der Waals surface area contributed by atoms with Gasteiger partial charge in [0.05, 0.1) is 17.4 Å². The molecule has 0 radical (unpaired) electrons. The fourth-order valence-corrected chi connectivity index (χ4v) is 2.63. The minimum atomic E-state index is 0.729. The van der Waals surface area contributed by atoms with E-state index < -0.39 is 0 Å². The zero-order chi connectivity index (χ0) is 14.1. The van der Waals surface area contributed by atoms with Gasteiger partial charge in [-0.1, -0.05) is 36.4 Å². The maximum atomic E-state index is 4.32. The Kier molecular flexibility index (Phi) is 2.78. The summed E-state index contributed by atoms with van der Waals surface area (Å²) in [5.74, 6) is 0. The Labute approximate surface area is 121 Å². The molecule has 0 unspecified atom stereocenters. The number of para-hydroxylation sites is 1. The summed E-state index contributed by atoms with van der Waals surface area (Å²) in [4.78, 5) is 4.32. The highest BCUT2D eigenvalue weighted by Gasteiger charge is 2.04. The number of H-pyrrole nitrogens is 1. The highest BCUT2D eigenvalue weighted by molar-refractivity contribution is 5.90. The SMILES string of the molecule is c1ccc2c(CNc3cccc4cn[nH]c34)cncc2c1. The van der Waals surface area contributed by atoms with Gasteiger partial charge >= 0.3 is 0 Å². The Morgan fingerprint density at radius 3 is 2.81 bits per heavy atom. The zero-order valence-corrected chi connectivity index (χ0v) is 11.4. The Morgan fingerprint density at radius 2 is 1.81 bits per heavy atom. The van der Waals surface area contributed by atoms with E-state index in [0.717, 1.165) is 28.5 Å². The van der Waals surface area contributed by atoms with Crippen molar-refractivity contribution >= 4 is 27.4 Å². The molecule has 102 valence electrons. The largest absolute Gasteiger partial charge is 0.379 e. The normalized spacial score (nSPS) is 11.0. The fourth-order valence-electron chi connectivity index (χ4n) is 2.63. The van der Waals surface area contributed by atoms with Crippen LogP contribution in [0.25, 0.3) is 21.7 Å². The molecule has 2 heterocycles. The number of hydrogen-bond acceptors (Lipinski definition) is 3. The van der Waals surface area contributed by atoms with E-state index in [0.29, 0.717) is 0 Å². The molecule has 4 nitrogen and oxygen atoms in total. The molecule has 2 N–H and O–H groups in total.